The first kappa shape index (κ1) is 19.0. The van der Waals surface area contributed by atoms with Crippen LogP contribution in [0.2, 0.25) is 0 Å². The molecule has 0 unspecified atom stereocenters. The van der Waals surface area contributed by atoms with Crippen LogP contribution in [0.3, 0.4) is 0 Å². The molecule has 2 aliphatic rings. The van der Waals surface area contributed by atoms with Crippen molar-refractivity contribution in [1.29, 1.82) is 0 Å². The van der Waals surface area contributed by atoms with Gasteiger partial charge in [0.1, 0.15) is 0 Å². The summed E-state index contributed by atoms with van der Waals surface area (Å²) in [7, 11) is 0. The number of carbonyl (C=O) groups excluding carboxylic acids is 1. The highest BCUT2D eigenvalue weighted by atomic mass is 16.5. The molecule has 0 radical (unpaired) electrons. The zero-order chi connectivity index (χ0) is 21.1. The maximum atomic E-state index is 12.9. The molecular weight excluding hydrogens is 378 g/mol. The predicted octanol–water partition coefficient (Wildman–Crippen LogP) is 4.02. The van der Waals surface area contributed by atoms with E-state index in [1.807, 2.05) is 56.1 Å². The van der Waals surface area contributed by atoms with Crippen molar-refractivity contribution in [3.63, 3.8) is 0 Å². The molecule has 1 aliphatic heterocycles. The number of hydrogen-bond donors (Lipinski definition) is 0. The van der Waals surface area contributed by atoms with E-state index in [0.29, 0.717) is 23.3 Å². The van der Waals surface area contributed by atoms with Gasteiger partial charge in [-0.15, -0.1) is 0 Å². The molecule has 1 aliphatic carbocycles. The van der Waals surface area contributed by atoms with Gasteiger partial charge in [0.15, 0.2) is 0 Å². The van der Waals surface area contributed by atoms with Gasteiger partial charge in [-0.25, -0.2) is 0 Å². The molecule has 30 heavy (non-hydrogen) atoms. The van der Waals surface area contributed by atoms with E-state index in [1.54, 1.807) is 0 Å². The SMILES string of the molecule is Cc1cnn(C2CC3(C2)CN(C(=O)c2ccc(-c4noc(C(C)(C)C)n4)cc2)C3)c1. The lowest BCUT2D eigenvalue weighted by Crippen LogP contribution is -2.63. The van der Waals surface area contributed by atoms with E-state index >= 15 is 0 Å². The van der Waals surface area contributed by atoms with Crippen molar-refractivity contribution in [2.45, 2.75) is 52.0 Å². The fraction of sp³-hybridized carbons (Fsp3) is 0.478. The number of aromatic nitrogens is 4. The monoisotopic (exact) mass is 405 g/mol. The highest BCUT2D eigenvalue weighted by Gasteiger charge is 2.54. The Hall–Kier alpha value is -2.96. The molecule has 1 saturated carbocycles. The normalized spacial score (nSPS) is 18.3. The molecule has 7 nitrogen and oxygen atoms in total. The average molecular weight is 406 g/mol. The van der Waals surface area contributed by atoms with Crippen LogP contribution in [0, 0.1) is 12.3 Å². The molecule has 0 bridgehead atoms. The summed E-state index contributed by atoms with van der Waals surface area (Å²) < 4.78 is 7.44. The Kier molecular flexibility index (Phi) is 4.14. The molecule has 5 rings (SSSR count). The number of hydrogen-bond acceptors (Lipinski definition) is 5. The van der Waals surface area contributed by atoms with Gasteiger partial charge >= 0.3 is 0 Å². The van der Waals surface area contributed by atoms with Crippen molar-refractivity contribution in [3.8, 4) is 11.4 Å². The van der Waals surface area contributed by atoms with E-state index in [1.165, 1.54) is 5.56 Å². The summed E-state index contributed by atoms with van der Waals surface area (Å²) in [5.74, 6) is 1.25. The van der Waals surface area contributed by atoms with Crippen LogP contribution in [0.4, 0.5) is 0 Å². The maximum absolute atomic E-state index is 12.9. The quantitative estimate of drug-likeness (QED) is 0.658. The molecule has 3 heterocycles. The number of likely N-dealkylation sites (tertiary alicyclic amines) is 1. The Labute approximate surface area is 176 Å². The summed E-state index contributed by atoms with van der Waals surface area (Å²) >= 11 is 0. The average Bonchev–Trinajstić information content (AvgIpc) is 3.28. The van der Waals surface area contributed by atoms with Crippen LogP contribution in [-0.4, -0.2) is 43.8 Å². The van der Waals surface area contributed by atoms with E-state index in [4.69, 9.17) is 4.52 Å². The van der Waals surface area contributed by atoms with Crippen LogP contribution in [0.25, 0.3) is 11.4 Å². The largest absolute Gasteiger partial charge is 0.338 e. The molecular formula is C23H27N5O2. The van der Waals surface area contributed by atoms with E-state index < -0.39 is 0 Å². The second-order valence-electron chi connectivity index (χ2n) is 9.97. The van der Waals surface area contributed by atoms with Gasteiger partial charge in [-0.1, -0.05) is 38.1 Å². The molecule has 1 spiro atoms. The molecule has 1 amide bonds. The first-order chi connectivity index (χ1) is 14.2. The van der Waals surface area contributed by atoms with Crippen LogP contribution in [0.15, 0.2) is 41.2 Å². The molecule has 2 aromatic heterocycles. The molecule has 3 aromatic rings. The number of benzene rings is 1. The number of nitrogens with zero attached hydrogens (tertiary/aromatic N) is 5. The minimum atomic E-state index is -0.189. The summed E-state index contributed by atoms with van der Waals surface area (Å²) in [6, 6.07) is 7.96. The Morgan fingerprint density at radius 3 is 2.43 bits per heavy atom. The molecule has 0 atom stereocenters. The fourth-order valence-corrected chi connectivity index (χ4v) is 4.51. The van der Waals surface area contributed by atoms with Crippen LogP contribution in [0.5, 0.6) is 0 Å². The van der Waals surface area contributed by atoms with Crippen molar-refractivity contribution in [2.75, 3.05) is 13.1 Å². The minimum absolute atomic E-state index is 0.0917. The minimum Gasteiger partial charge on any atom is -0.338 e. The molecule has 2 fully saturated rings. The third kappa shape index (κ3) is 3.22. The Balaban J connectivity index is 1.19. The van der Waals surface area contributed by atoms with Gasteiger partial charge in [-0.2, -0.15) is 10.1 Å². The van der Waals surface area contributed by atoms with E-state index in [0.717, 1.165) is 31.5 Å². The van der Waals surface area contributed by atoms with Gasteiger partial charge in [-0.05, 0) is 37.5 Å². The molecule has 1 saturated heterocycles. The van der Waals surface area contributed by atoms with Gasteiger partial charge in [0.25, 0.3) is 5.91 Å². The van der Waals surface area contributed by atoms with Crippen LogP contribution >= 0.6 is 0 Å². The van der Waals surface area contributed by atoms with Crippen molar-refractivity contribution in [2.24, 2.45) is 5.41 Å². The number of rotatable bonds is 3. The van der Waals surface area contributed by atoms with Crippen LogP contribution < -0.4 is 0 Å². The molecule has 156 valence electrons. The van der Waals surface area contributed by atoms with Crippen LogP contribution in [-0.2, 0) is 5.41 Å². The topological polar surface area (TPSA) is 77.0 Å². The Bertz CT molecular complexity index is 1080. The van der Waals surface area contributed by atoms with Crippen molar-refractivity contribution < 1.29 is 9.32 Å². The van der Waals surface area contributed by atoms with Crippen molar-refractivity contribution in [1.82, 2.24) is 24.8 Å². The van der Waals surface area contributed by atoms with E-state index in [-0.39, 0.29) is 16.7 Å². The van der Waals surface area contributed by atoms with Gasteiger partial charge < -0.3 is 9.42 Å². The van der Waals surface area contributed by atoms with Crippen LogP contribution in [0.1, 0.15) is 61.5 Å². The summed E-state index contributed by atoms with van der Waals surface area (Å²) in [5, 5.41) is 8.50. The number of carbonyl (C=O) groups is 1. The first-order valence-corrected chi connectivity index (χ1v) is 10.5. The first-order valence-electron chi connectivity index (χ1n) is 10.5. The summed E-state index contributed by atoms with van der Waals surface area (Å²) in [4.78, 5) is 19.3. The molecule has 0 N–H and O–H groups in total. The fourth-order valence-electron chi connectivity index (χ4n) is 4.51. The summed E-state index contributed by atoms with van der Waals surface area (Å²) in [5.41, 5.74) is 2.84. The van der Waals surface area contributed by atoms with Gasteiger partial charge in [0, 0.05) is 41.2 Å². The third-order valence-corrected chi connectivity index (χ3v) is 6.24. The van der Waals surface area contributed by atoms with E-state index in [9.17, 15) is 4.79 Å². The Morgan fingerprint density at radius 2 is 1.87 bits per heavy atom. The zero-order valence-corrected chi connectivity index (χ0v) is 17.9. The maximum Gasteiger partial charge on any atom is 0.253 e. The van der Waals surface area contributed by atoms with Gasteiger partial charge in [0.05, 0.1) is 12.2 Å². The number of aryl methyl sites for hydroxylation is 1. The zero-order valence-electron chi connectivity index (χ0n) is 17.9. The standard InChI is InChI=1S/C23H27N5O2/c1-15-11-24-28(12-15)18-9-23(10-18)13-27(14-23)20(29)17-7-5-16(6-8-17)19-25-21(30-26-19)22(2,3)4/h5-8,11-12,18H,9-10,13-14H2,1-4H3. The van der Waals surface area contributed by atoms with Crippen molar-refractivity contribution in [3.05, 3.63) is 53.7 Å². The van der Waals surface area contributed by atoms with E-state index in [2.05, 4.69) is 33.0 Å². The lowest BCUT2D eigenvalue weighted by molar-refractivity contribution is -0.0738. The van der Waals surface area contributed by atoms with Crippen molar-refractivity contribution >= 4 is 5.91 Å². The lowest BCUT2D eigenvalue weighted by atomic mass is 9.60. The molecule has 1 aromatic carbocycles. The highest BCUT2D eigenvalue weighted by molar-refractivity contribution is 5.95. The third-order valence-electron chi connectivity index (χ3n) is 6.24. The smallest absolute Gasteiger partial charge is 0.253 e. The summed E-state index contributed by atoms with van der Waals surface area (Å²) in [6.07, 6.45) is 6.22. The Morgan fingerprint density at radius 1 is 1.17 bits per heavy atom. The van der Waals surface area contributed by atoms with Gasteiger partial charge in [-0.3, -0.25) is 9.48 Å². The lowest BCUT2D eigenvalue weighted by Gasteiger charge is -2.58. The molecule has 7 heteroatoms. The predicted molar refractivity (Wildman–Crippen MR) is 112 cm³/mol. The second-order valence-corrected chi connectivity index (χ2v) is 9.97. The highest BCUT2D eigenvalue weighted by Crippen LogP contribution is 2.54. The second kappa shape index (κ2) is 6.52. The number of amides is 1. The summed E-state index contributed by atoms with van der Waals surface area (Å²) in [6.45, 7) is 9.84. The van der Waals surface area contributed by atoms with Gasteiger partial charge in [0.2, 0.25) is 11.7 Å².